The van der Waals surface area contributed by atoms with Crippen LogP contribution in [0.15, 0.2) is 36.5 Å². The predicted molar refractivity (Wildman–Crippen MR) is 129 cm³/mol. The van der Waals surface area contributed by atoms with Crippen LogP contribution in [0.4, 0.5) is 29.3 Å². The summed E-state index contributed by atoms with van der Waals surface area (Å²) in [5, 5.41) is 8.15. The van der Waals surface area contributed by atoms with Crippen LogP contribution >= 0.6 is 0 Å². The number of urea groups is 1. The number of aromatic nitrogens is 1. The van der Waals surface area contributed by atoms with Crippen LogP contribution in [0.5, 0.6) is 5.75 Å². The zero-order chi connectivity index (χ0) is 26.0. The molecular formula is C24H32F3N5O4. The Morgan fingerprint density at radius 2 is 1.72 bits per heavy atom. The van der Waals surface area contributed by atoms with E-state index in [0.29, 0.717) is 24.5 Å². The number of hydrogen-bond donors (Lipinski definition) is 3. The third-order valence-corrected chi connectivity index (χ3v) is 5.53. The van der Waals surface area contributed by atoms with Crippen molar-refractivity contribution in [2.24, 2.45) is 0 Å². The molecule has 0 saturated carbocycles. The number of halogens is 3. The quantitative estimate of drug-likeness (QED) is 0.392. The summed E-state index contributed by atoms with van der Waals surface area (Å²) >= 11 is 0. The molecule has 1 aliphatic rings. The second-order valence-corrected chi connectivity index (χ2v) is 8.38. The highest BCUT2D eigenvalue weighted by Gasteiger charge is 2.31. The third-order valence-electron chi connectivity index (χ3n) is 5.53. The molecule has 1 aromatic heterocycles. The average Bonchev–Trinajstić information content (AvgIpc) is 3.23. The number of aryl methyl sites for hydroxylation is 1. The first-order valence-corrected chi connectivity index (χ1v) is 12.0. The molecule has 0 unspecified atom stereocenters. The van der Waals surface area contributed by atoms with Gasteiger partial charge in [-0.25, -0.2) is 4.79 Å². The highest BCUT2D eigenvalue weighted by atomic mass is 19.4. The fraction of sp³-hybridized carbons (Fsp3) is 0.500. The van der Waals surface area contributed by atoms with Crippen LogP contribution in [0.1, 0.15) is 36.7 Å². The number of anilines is 2. The minimum absolute atomic E-state index is 0.221. The minimum atomic E-state index is -4.79. The van der Waals surface area contributed by atoms with Gasteiger partial charge in [0.2, 0.25) is 0 Å². The van der Waals surface area contributed by atoms with E-state index in [2.05, 4.69) is 25.6 Å². The maximum absolute atomic E-state index is 12.8. The first kappa shape index (κ1) is 27.3. The number of unbranched alkanes of at least 4 members (excludes halogenated alkanes) is 1. The number of amides is 3. The molecule has 12 heteroatoms. The predicted octanol–water partition coefficient (Wildman–Crippen LogP) is 4.28. The van der Waals surface area contributed by atoms with Crippen molar-refractivity contribution in [3.05, 3.63) is 42.2 Å². The smallest absolute Gasteiger partial charge is 0.406 e. The maximum Gasteiger partial charge on any atom is 0.573 e. The summed E-state index contributed by atoms with van der Waals surface area (Å²) in [6.07, 6.45) is -0.468. The van der Waals surface area contributed by atoms with E-state index in [1.54, 1.807) is 16.8 Å². The van der Waals surface area contributed by atoms with Gasteiger partial charge in [-0.05, 0) is 49.7 Å². The van der Waals surface area contributed by atoms with E-state index in [-0.39, 0.29) is 17.3 Å². The Morgan fingerprint density at radius 3 is 2.39 bits per heavy atom. The van der Waals surface area contributed by atoms with Gasteiger partial charge in [0.1, 0.15) is 11.4 Å². The summed E-state index contributed by atoms with van der Waals surface area (Å²) in [4.78, 5) is 27.5. The van der Waals surface area contributed by atoms with Gasteiger partial charge in [0.05, 0.1) is 18.9 Å². The van der Waals surface area contributed by atoms with E-state index < -0.39 is 12.4 Å². The van der Waals surface area contributed by atoms with Gasteiger partial charge in [0, 0.05) is 38.1 Å². The van der Waals surface area contributed by atoms with Crippen LogP contribution < -0.4 is 20.7 Å². The number of morpholine rings is 1. The number of alkyl halides is 3. The number of carbonyl (C=O) groups is 2. The van der Waals surface area contributed by atoms with Crippen molar-refractivity contribution in [2.45, 2.75) is 39.1 Å². The van der Waals surface area contributed by atoms with E-state index in [0.717, 1.165) is 64.2 Å². The summed E-state index contributed by atoms with van der Waals surface area (Å²) in [5.41, 5.74) is 1.16. The molecule has 3 amide bonds. The van der Waals surface area contributed by atoms with Crippen LogP contribution in [-0.2, 0) is 11.3 Å². The highest BCUT2D eigenvalue weighted by Crippen LogP contribution is 2.24. The first-order valence-electron chi connectivity index (χ1n) is 12.0. The highest BCUT2D eigenvalue weighted by molar-refractivity contribution is 6.01. The number of hydrogen-bond acceptors (Lipinski definition) is 5. The topological polar surface area (TPSA) is 96.9 Å². The molecule has 1 aromatic carbocycles. The molecule has 3 rings (SSSR count). The molecule has 1 fully saturated rings. The monoisotopic (exact) mass is 511 g/mol. The normalized spacial score (nSPS) is 14.3. The van der Waals surface area contributed by atoms with Crippen LogP contribution in [0.3, 0.4) is 0 Å². The molecule has 0 aliphatic carbocycles. The number of ether oxygens (including phenoxy) is 2. The molecule has 2 heterocycles. The molecule has 0 spiro atoms. The molecule has 198 valence electrons. The van der Waals surface area contributed by atoms with Gasteiger partial charge < -0.3 is 30.0 Å². The lowest BCUT2D eigenvalue weighted by molar-refractivity contribution is -0.274. The zero-order valence-electron chi connectivity index (χ0n) is 20.2. The Labute approximate surface area is 207 Å². The van der Waals surface area contributed by atoms with Crippen LogP contribution in [0.25, 0.3) is 0 Å². The fourth-order valence-electron chi connectivity index (χ4n) is 3.74. The Bertz CT molecular complexity index is 989. The number of nitrogens with zero attached hydrogens (tertiary/aromatic N) is 2. The van der Waals surface area contributed by atoms with E-state index >= 15 is 0 Å². The van der Waals surface area contributed by atoms with E-state index in [4.69, 9.17) is 4.74 Å². The van der Waals surface area contributed by atoms with Crippen molar-refractivity contribution in [1.82, 2.24) is 14.8 Å². The van der Waals surface area contributed by atoms with Gasteiger partial charge in [0.25, 0.3) is 5.91 Å². The van der Waals surface area contributed by atoms with Crippen LogP contribution in [0, 0.1) is 0 Å². The van der Waals surface area contributed by atoms with Gasteiger partial charge in [-0.3, -0.25) is 9.69 Å². The Morgan fingerprint density at radius 1 is 1.03 bits per heavy atom. The first-order chi connectivity index (χ1) is 17.2. The second kappa shape index (κ2) is 13.2. The van der Waals surface area contributed by atoms with Crippen molar-refractivity contribution >= 4 is 23.3 Å². The molecule has 0 bridgehead atoms. The SMILES string of the molecule is CCCCn1cc(NC(=O)Nc2ccc(OC(F)(F)F)cc2)cc1C(=O)NCCCN1CCOCC1. The standard InChI is InChI=1S/C24H32F3N5O4/c1-2-3-11-32-17-19(16-21(32)22(33)28-9-4-10-31-12-14-35-15-13-31)30-23(34)29-18-5-7-20(8-6-18)36-24(25,26)27/h5-8,16-17H,2-4,9-15H2,1H3,(H,28,33)(H2,29,30,34). The zero-order valence-corrected chi connectivity index (χ0v) is 20.2. The van der Waals surface area contributed by atoms with Crippen molar-refractivity contribution in [1.29, 1.82) is 0 Å². The number of rotatable bonds is 11. The van der Waals surface area contributed by atoms with Crippen molar-refractivity contribution in [3.63, 3.8) is 0 Å². The lowest BCUT2D eigenvalue weighted by Crippen LogP contribution is -2.38. The van der Waals surface area contributed by atoms with E-state index in [9.17, 15) is 22.8 Å². The minimum Gasteiger partial charge on any atom is -0.406 e. The van der Waals surface area contributed by atoms with Gasteiger partial charge >= 0.3 is 12.4 Å². The second-order valence-electron chi connectivity index (χ2n) is 8.38. The molecule has 0 radical (unpaired) electrons. The molecule has 1 aliphatic heterocycles. The van der Waals surface area contributed by atoms with Gasteiger partial charge in [-0.15, -0.1) is 13.2 Å². The Balaban J connectivity index is 1.54. The van der Waals surface area contributed by atoms with E-state index in [1.165, 1.54) is 12.1 Å². The summed E-state index contributed by atoms with van der Waals surface area (Å²) in [6.45, 7) is 7.36. The average molecular weight is 512 g/mol. The maximum atomic E-state index is 12.8. The Kier molecular flexibility index (Phi) is 10.00. The van der Waals surface area contributed by atoms with Gasteiger partial charge in [0.15, 0.2) is 0 Å². The van der Waals surface area contributed by atoms with E-state index in [1.807, 2.05) is 6.92 Å². The molecule has 3 N–H and O–H groups in total. The molecule has 0 atom stereocenters. The number of benzene rings is 1. The Hall–Kier alpha value is -3.25. The van der Waals surface area contributed by atoms with Crippen molar-refractivity contribution in [2.75, 3.05) is 50.0 Å². The molecular weight excluding hydrogens is 479 g/mol. The van der Waals surface area contributed by atoms with Crippen molar-refractivity contribution < 1.29 is 32.2 Å². The summed E-state index contributed by atoms with van der Waals surface area (Å²) in [7, 11) is 0. The lowest BCUT2D eigenvalue weighted by Gasteiger charge is -2.26. The van der Waals surface area contributed by atoms with Gasteiger partial charge in [-0.2, -0.15) is 0 Å². The fourth-order valence-corrected chi connectivity index (χ4v) is 3.74. The van der Waals surface area contributed by atoms with Crippen molar-refractivity contribution in [3.8, 4) is 5.75 Å². The summed E-state index contributed by atoms with van der Waals surface area (Å²) in [6, 6.07) is 5.81. The largest absolute Gasteiger partial charge is 0.573 e. The third kappa shape index (κ3) is 9.08. The molecule has 9 nitrogen and oxygen atoms in total. The number of nitrogens with one attached hydrogen (secondary N) is 3. The molecule has 2 aromatic rings. The summed E-state index contributed by atoms with van der Waals surface area (Å²) in [5.74, 6) is -0.608. The van der Waals surface area contributed by atoms with Crippen LogP contribution in [-0.4, -0.2) is 67.2 Å². The van der Waals surface area contributed by atoms with Crippen LogP contribution in [0.2, 0.25) is 0 Å². The summed E-state index contributed by atoms with van der Waals surface area (Å²) < 4.78 is 47.8. The van der Waals surface area contributed by atoms with Gasteiger partial charge in [-0.1, -0.05) is 13.3 Å². The number of carbonyl (C=O) groups excluding carboxylic acids is 2. The molecule has 36 heavy (non-hydrogen) atoms. The molecule has 1 saturated heterocycles. The lowest BCUT2D eigenvalue weighted by atomic mass is 10.3.